The number of nitro groups is 1. The molecular weight excluding hydrogens is 292 g/mol. The number of amides is 1. The lowest BCUT2D eigenvalue weighted by Gasteiger charge is -2.00. The second-order valence-corrected chi connectivity index (χ2v) is 4.74. The Morgan fingerprint density at radius 3 is 2.71 bits per heavy atom. The molecule has 0 aliphatic carbocycles. The minimum Gasteiger partial charge on any atom is -0.328 e. The number of fused-ring (bicyclic) bond motifs is 1. The summed E-state index contributed by atoms with van der Waals surface area (Å²) in [7, 11) is 0. The van der Waals surface area contributed by atoms with Gasteiger partial charge < -0.3 is 5.32 Å². The number of thiocarbonyl (C=S) groups is 1. The first-order valence-corrected chi connectivity index (χ1v) is 6.33. The molecule has 2 N–H and O–H groups in total. The van der Waals surface area contributed by atoms with Crippen molar-refractivity contribution in [2.75, 3.05) is 0 Å². The van der Waals surface area contributed by atoms with Crippen LogP contribution in [0.3, 0.4) is 0 Å². The van der Waals surface area contributed by atoms with Gasteiger partial charge >= 0.3 is 0 Å². The molecule has 8 heteroatoms. The molecule has 0 unspecified atom stereocenters. The largest absolute Gasteiger partial charge is 0.328 e. The topological polar surface area (TPSA) is 97.2 Å². The molecule has 2 aromatic rings. The van der Waals surface area contributed by atoms with Crippen LogP contribution in [0.25, 0.3) is 17.0 Å². The van der Waals surface area contributed by atoms with Gasteiger partial charge in [-0.05, 0) is 30.4 Å². The second-order valence-electron chi connectivity index (χ2n) is 4.34. The number of non-ortho nitro benzene ring substituents is 1. The van der Waals surface area contributed by atoms with Crippen LogP contribution in [0.4, 0.5) is 5.69 Å². The third-order valence-corrected chi connectivity index (χ3v) is 3.12. The standard InChI is InChI=1S/C13H8N4O3S/c18-12-11(15-13(21)16-12)6-8-2-1-7-5-9(17(19)20)3-4-10(7)14-8/h1-6H,(H2,15,16,18,21). The number of hydrogen-bond acceptors (Lipinski definition) is 5. The van der Waals surface area contributed by atoms with Crippen LogP contribution in [0.5, 0.6) is 0 Å². The Balaban J connectivity index is 2.00. The molecule has 1 saturated heterocycles. The van der Waals surface area contributed by atoms with Gasteiger partial charge in [0.25, 0.3) is 11.6 Å². The molecule has 104 valence electrons. The molecule has 1 fully saturated rings. The van der Waals surface area contributed by atoms with E-state index in [2.05, 4.69) is 15.6 Å². The molecule has 7 nitrogen and oxygen atoms in total. The lowest BCUT2D eigenvalue weighted by molar-refractivity contribution is -0.384. The van der Waals surface area contributed by atoms with E-state index in [-0.39, 0.29) is 16.7 Å². The van der Waals surface area contributed by atoms with Crippen molar-refractivity contribution in [1.29, 1.82) is 0 Å². The first-order chi connectivity index (χ1) is 10.0. The average Bonchev–Trinajstić information content (AvgIpc) is 2.76. The summed E-state index contributed by atoms with van der Waals surface area (Å²) >= 11 is 4.84. The van der Waals surface area contributed by atoms with E-state index in [9.17, 15) is 14.9 Å². The fraction of sp³-hybridized carbons (Fsp3) is 0. The molecule has 0 radical (unpaired) electrons. The quantitative estimate of drug-likeness (QED) is 0.377. The zero-order valence-corrected chi connectivity index (χ0v) is 11.3. The Labute approximate surface area is 123 Å². The van der Waals surface area contributed by atoms with E-state index in [1.807, 2.05) is 0 Å². The van der Waals surface area contributed by atoms with E-state index < -0.39 is 4.92 Å². The Morgan fingerprint density at radius 2 is 2.05 bits per heavy atom. The van der Waals surface area contributed by atoms with E-state index in [0.29, 0.717) is 22.3 Å². The molecule has 1 amide bonds. The van der Waals surface area contributed by atoms with Gasteiger partial charge in [-0.1, -0.05) is 6.07 Å². The molecular formula is C13H8N4O3S. The van der Waals surface area contributed by atoms with Crippen LogP contribution in [0.1, 0.15) is 5.69 Å². The van der Waals surface area contributed by atoms with Gasteiger partial charge in [-0.25, -0.2) is 4.98 Å². The molecule has 3 rings (SSSR count). The fourth-order valence-corrected chi connectivity index (χ4v) is 2.16. The van der Waals surface area contributed by atoms with Gasteiger partial charge in [0.1, 0.15) is 5.70 Å². The molecule has 0 atom stereocenters. The number of benzene rings is 1. The van der Waals surface area contributed by atoms with Crippen molar-refractivity contribution in [2.24, 2.45) is 0 Å². The number of aromatic nitrogens is 1. The smallest absolute Gasteiger partial charge is 0.273 e. The highest BCUT2D eigenvalue weighted by Crippen LogP contribution is 2.20. The summed E-state index contributed by atoms with van der Waals surface area (Å²) in [5.74, 6) is -0.314. The van der Waals surface area contributed by atoms with Crippen molar-refractivity contribution in [3.8, 4) is 0 Å². The number of rotatable bonds is 2. The number of pyridine rings is 1. The van der Waals surface area contributed by atoms with E-state index in [1.165, 1.54) is 12.1 Å². The number of nitro benzene ring substituents is 1. The molecule has 21 heavy (non-hydrogen) atoms. The molecule has 0 spiro atoms. The van der Waals surface area contributed by atoms with Crippen molar-refractivity contribution in [3.63, 3.8) is 0 Å². The number of hydrogen-bond donors (Lipinski definition) is 2. The first kappa shape index (κ1) is 13.1. The van der Waals surface area contributed by atoms with Crippen LogP contribution < -0.4 is 10.6 Å². The van der Waals surface area contributed by atoms with Crippen LogP contribution >= 0.6 is 12.2 Å². The molecule has 1 aromatic heterocycles. The van der Waals surface area contributed by atoms with Crippen molar-refractivity contribution < 1.29 is 9.72 Å². The van der Waals surface area contributed by atoms with Gasteiger partial charge in [0, 0.05) is 17.5 Å². The Kier molecular flexibility index (Phi) is 3.07. The minimum atomic E-state index is -0.455. The van der Waals surface area contributed by atoms with Crippen LogP contribution in [-0.4, -0.2) is 20.9 Å². The summed E-state index contributed by atoms with van der Waals surface area (Å²) in [5.41, 5.74) is 1.49. The van der Waals surface area contributed by atoms with Gasteiger partial charge in [-0.2, -0.15) is 0 Å². The van der Waals surface area contributed by atoms with E-state index in [1.54, 1.807) is 24.3 Å². The highest BCUT2D eigenvalue weighted by Gasteiger charge is 2.20. The summed E-state index contributed by atoms with van der Waals surface area (Å²) < 4.78 is 0. The minimum absolute atomic E-state index is 0.0117. The predicted molar refractivity (Wildman–Crippen MR) is 80.3 cm³/mol. The number of carbonyl (C=O) groups excluding carboxylic acids is 1. The summed E-state index contributed by atoms with van der Waals surface area (Å²) in [6.45, 7) is 0. The van der Waals surface area contributed by atoms with Gasteiger partial charge in [0.2, 0.25) is 0 Å². The molecule has 0 saturated carbocycles. The highest BCUT2D eigenvalue weighted by atomic mass is 32.1. The third-order valence-electron chi connectivity index (χ3n) is 2.92. The zero-order valence-electron chi connectivity index (χ0n) is 10.5. The van der Waals surface area contributed by atoms with Gasteiger partial charge in [-0.3, -0.25) is 20.2 Å². The average molecular weight is 300 g/mol. The predicted octanol–water partition coefficient (Wildman–Crippen LogP) is 1.49. The van der Waals surface area contributed by atoms with Crippen LogP contribution in [-0.2, 0) is 4.79 Å². The lowest BCUT2D eigenvalue weighted by Crippen LogP contribution is -2.21. The SMILES string of the molecule is O=C1NC(=S)NC1=Cc1ccc2cc([N+](=O)[O-])ccc2n1. The van der Waals surface area contributed by atoms with Gasteiger partial charge in [-0.15, -0.1) is 0 Å². The molecule has 1 aliphatic rings. The van der Waals surface area contributed by atoms with Crippen molar-refractivity contribution in [2.45, 2.75) is 0 Å². The third kappa shape index (κ3) is 2.56. The number of nitrogens with one attached hydrogen (secondary N) is 2. The number of nitrogens with zero attached hydrogens (tertiary/aromatic N) is 2. The summed E-state index contributed by atoms with van der Waals surface area (Å²) in [6, 6.07) is 7.81. The van der Waals surface area contributed by atoms with E-state index >= 15 is 0 Å². The second kappa shape index (κ2) is 4.91. The van der Waals surface area contributed by atoms with Crippen LogP contribution in [0.15, 0.2) is 36.0 Å². The van der Waals surface area contributed by atoms with E-state index in [0.717, 1.165) is 0 Å². The monoisotopic (exact) mass is 300 g/mol. The van der Waals surface area contributed by atoms with Crippen molar-refractivity contribution >= 4 is 45.9 Å². The Morgan fingerprint density at radius 1 is 1.24 bits per heavy atom. The van der Waals surface area contributed by atoms with Crippen LogP contribution in [0.2, 0.25) is 0 Å². The molecule has 1 aromatic carbocycles. The first-order valence-electron chi connectivity index (χ1n) is 5.92. The van der Waals surface area contributed by atoms with Crippen molar-refractivity contribution in [3.05, 3.63) is 51.8 Å². The van der Waals surface area contributed by atoms with Gasteiger partial charge in [0.15, 0.2) is 5.11 Å². The lowest BCUT2D eigenvalue weighted by atomic mass is 10.1. The fourth-order valence-electron chi connectivity index (χ4n) is 1.95. The molecule has 1 aliphatic heterocycles. The summed E-state index contributed by atoms with van der Waals surface area (Å²) in [6.07, 6.45) is 1.56. The molecule has 0 bridgehead atoms. The zero-order chi connectivity index (χ0) is 15.0. The molecule has 2 heterocycles. The van der Waals surface area contributed by atoms with E-state index in [4.69, 9.17) is 12.2 Å². The maximum atomic E-state index is 11.5. The maximum Gasteiger partial charge on any atom is 0.273 e. The summed E-state index contributed by atoms with van der Waals surface area (Å²) in [5, 5.41) is 16.8. The Bertz CT molecular complexity index is 831. The van der Waals surface area contributed by atoms with Crippen molar-refractivity contribution in [1.82, 2.24) is 15.6 Å². The van der Waals surface area contributed by atoms with Gasteiger partial charge in [0.05, 0.1) is 16.1 Å². The maximum absolute atomic E-state index is 11.5. The van der Waals surface area contributed by atoms with Crippen LogP contribution in [0, 0.1) is 10.1 Å². The highest BCUT2D eigenvalue weighted by molar-refractivity contribution is 7.80. The number of carbonyl (C=O) groups is 1. The summed E-state index contributed by atoms with van der Waals surface area (Å²) in [4.78, 5) is 26.1. The Hall–Kier alpha value is -2.87. The normalized spacial score (nSPS) is 16.1.